The Labute approximate surface area is 204 Å². The van der Waals surface area contributed by atoms with E-state index < -0.39 is 29.1 Å². The lowest BCUT2D eigenvalue weighted by atomic mass is 9.53. The second kappa shape index (κ2) is 6.82. The summed E-state index contributed by atoms with van der Waals surface area (Å²) in [6.45, 7) is 2.29. The number of nitrogens with one attached hydrogen (secondary N) is 1. The van der Waals surface area contributed by atoms with Gasteiger partial charge in [-0.2, -0.15) is 0 Å². The molecule has 2 bridgehead atoms. The first-order chi connectivity index (χ1) is 16.6. The van der Waals surface area contributed by atoms with Gasteiger partial charge in [0.15, 0.2) is 5.67 Å². The fourth-order valence-corrected chi connectivity index (χ4v) is 8.53. The van der Waals surface area contributed by atoms with E-state index in [4.69, 9.17) is 4.74 Å². The number of likely N-dealkylation sites (N-methyl/N-ethyl adjacent to an activating group) is 1. The molecule has 8 atom stereocenters. The number of allylic oxidation sites excluding steroid dienone is 2. The third-order valence-electron chi connectivity index (χ3n) is 10.4. The molecule has 1 saturated heterocycles. The van der Waals surface area contributed by atoms with Crippen molar-refractivity contribution in [1.29, 1.82) is 0 Å². The first kappa shape index (κ1) is 22.2. The molecule has 3 heterocycles. The smallest absolute Gasteiger partial charge is 0.158 e. The summed E-state index contributed by atoms with van der Waals surface area (Å²) in [7, 11) is 3.83. The van der Waals surface area contributed by atoms with Crippen LogP contribution in [0.4, 0.5) is 4.39 Å². The lowest BCUT2D eigenvalue weighted by Crippen LogP contribution is -2.68. The number of rotatable bonds is 2. The zero-order valence-corrected chi connectivity index (χ0v) is 20.6. The van der Waals surface area contributed by atoms with E-state index in [9.17, 15) is 10.2 Å². The number of aromatic amines is 1. The predicted molar refractivity (Wildman–Crippen MR) is 131 cm³/mol. The Balaban J connectivity index is 1.31. The first-order valence-corrected chi connectivity index (χ1v) is 12.9. The second-order valence-electron chi connectivity index (χ2n) is 12.1. The van der Waals surface area contributed by atoms with Gasteiger partial charge in [0.25, 0.3) is 0 Å². The monoisotopic (exact) mass is 479 g/mol. The van der Waals surface area contributed by atoms with Crippen LogP contribution in [0.5, 0.6) is 0 Å². The molecule has 0 amide bonds. The van der Waals surface area contributed by atoms with Crippen LogP contribution in [0.3, 0.4) is 0 Å². The van der Waals surface area contributed by atoms with Crippen LogP contribution in [0.15, 0.2) is 42.3 Å². The highest BCUT2D eigenvalue weighted by atomic mass is 19.1. The average Bonchev–Trinajstić information content (AvgIpc) is 3.52. The number of alkyl halides is 1. The van der Waals surface area contributed by atoms with Gasteiger partial charge in [-0.15, -0.1) is 0 Å². The van der Waals surface area contributed by atoms with Crippen LogP contribution in [0.2, 0.25) is 0 Å². The largest absolute Gasteiger partial charge is 0.388 e. The standard InChI is InChI=1S/C28H34FN3O3/c1-25-8-10-27(29)13-18-23(33)24(34)21(32(2)3)14-26(18)9-11-28(27,35-26)22(25)7-5-17(25)16-4-6-19-20(12-16)31-15-30-19/h4-6,12-13,15,21-24,33-34H,7-11,14H2,1-3H3,(H,30,31)/t21-,22?,23+,24+,25+,26+,27?,28-/m0/s1. The third-order valence-corrected chi connectivity index (χ3v) is 10.4. The number of aliphatic hydroxyl groups is 2. The highest BCUT2D eigenvalue weighted by Gasteiger charge is 2.74. The number of imidazole rings is 1. The number of H-pyrrole nitrogens is 1. The zero-order chi connectivity index (χ0) is 24.4. The van der Waals surface area contributed by atoms with Crippen molar-refractivity contribution in [1.82, 2.24) is 14.9 Å². The Kier molecular flexibility index (Phi) is 4.32. The normalized spacial score (nSPS) is 46.3. The van der Waals surface area contributed by atoms with Gasteiger partial charge in [-0.1, -0.05) is 19.1 Å². The minimum atomic E-state index is -1.64. The number of benzene rings is 1. The Morgan fingerprint density at radius 2 is 2.00 bits per heavy atom. The molecule has 2 spiro atoms. The van der Waals surface area contributed by atoms with E-state index in [1.54, 1.807) is 12.4 Å². The van der Waals surface area contributed by atoms with E-state index >= 15 is 4.39 Å². The molecule has 186 valence electrons. The Bertz CT molecular complexity index is 1290. The maximum absolute atomic E-state index is 17.1. The van der Waals surface area contributed by atoms with Gasteiger partial charge in [0, 0.05) is 12.0 Å². The summed E-state index contributed by atoms with van der Waals surface area (Å²) in [5.74, 6) is 0.0141. The number of hydrogen-bond acceptors (Lipinski definition) is 5. The quantitative estimate of drug-likeness (QED) is 0.572. The van der Waals surface area contributed by atoms with Crippen LogP contribution in [-0.4, -0.2) is 74.3 Å². The number of nitrogens with zero attached hydrogens (tertiary/aromatic N) is 2. The second-order valence-corrected chi connectivity index (χ2v) is 12.1. The van der Waals surface area contributed by atoms with E-state index in [0.717, 1.165) is 23.0 Å². The van der Waals surface area contributed by atoms with Crippen LogP contribution >= 0.6 is 0 Å². The van der Waals surface area contributed by atoms with Gasteiger partial charge in [-0.3, -0.25) is 0 Å². The van der Waals surface area contributed by atoms with Crippen LogP contribution < -0.4 is 0 Å². The van der Waals surface area contributed by atoms with Crippen molar-refractivity contribution < 1.29 is 19.3 Å². The van der Waals surface area contributed by atoms with Crippen molar-refractivity contribution in [3.8, 4) is 0 Å². The van der Waals surface area contributed by atoms with Crippen molar-refractivity contribution in [3.05, 3.63) is 47.8 Å². The van der Waals surface area contributed by atoms with Gasteiger partial charge in [0.05, 0.1) is 29.1 Å². The van der Waals surface area contributed by atoms with Crippen molar-refractivity contribution in [2.24, 2.45) is 11.3 Å². The molecular formula is C28H34FN3O3. The SMILES string of the molecule is CN(C)[C@H]1C[C@@]23CC[C@]4(O2)C2CC=C(c5ccc6nc[nH]c6c5)[C@@]2(C)CCC4(F)C=C3[C@@H](O)[C@@H]1O. The van der Waals surface area contributed by atoms with Crippen LogP contribution in [0.1, 0.15) is 51.0 Å². The molecule has 3 fully saturated rings. The molecular weight excluding hydrogens is 445 g/mol. The van der Waals surface area contributed by atoms with Gasteiger partial charge in [-0.05, 0) is 93.0 Å². The third kappa shape index (κ3) is 2.60. The molecule has 5 aliphatic rings. The van der Waals surface area contributed by atoms with Gasteiger partial charge < -0.3 is 24.8 Å². The van der Waals surface area contributed by atoms with Gasteiger partial charge in [-0.25, -0.2) is 9.37 Å². The first-order valence-electron chi connectivity index (χ1n) is 12.9. The summed E-state index contributed by atoms with van der Waals surface area (Å²) in [4.78, 5) is 9.52. The highest BCUT2D eigenvalue weighted by molar-refractivity contribution is 5.83. The summed E-state index contributed by atoms with van der Waals surface area (Å²) in [6, 6.07) is 6.10. The molecule has 2 saturated carbocycles. The van der Waals surface area contributed by atoms with E-state index in [0.29, 0.717) is 37.7 Å². The molecule has 7 rings (SSSR count). The minimum Gasteiger partial charge on any atom is -0.388 e. The van der Waals surface area contributed by atoms with Crippen molar-refractivity contribution in [2.75, 3.05) is 14.1 Å². The molecule has 2 aromatic rings. The molecule has 1 aromatic heterocycles. The molecule has 1 aromatic carbocycles. The van der Waals surface area contributed by atoms with Crippen molar-refractivity contribution in [2.45, 2.75) is 80.6 Å². The molecule has 6 nitrogen and oxygen atoms in total. The Morgan fingerprint density at radius 1 is 1.17 bits per heavy atom. The van der Waals surface area contributed by atoms with Gasteiger partial charge >= 0.3 is 0 Å². The topological polar surface area (TPSA) is 81.6 Å². The zero-order valence-electron chi connectivity index (χ0n) is 20.6. The van der Waals surface area contributed by atoms with Crippen LogP contribution in [0, 0.1) is 11.3 Å². The summed E-state index contributed by atoms with van der Waals surface area (Å²) in [5.41, 5.74) is 1.49. The van der Waals surface area contributed by atoms with Gasteiger partial charge in [0.1, 0.15) is 11.7 Å². The van der Waals surface area contributed by atoms with Crippen LogP contribution in [0.25, 0.3) is 16.6 Å². The number of aliphatic hydroxyl groups excluding tert-OH is 2. The summed E-state index contributed by atoms with van der Waals surface area (Å²) >= 11 is 0. The predicted octanol–water partition coefficient (Wildman–Crippen LogP) is 3.76. The maximum atomic E-state index is 17.1. The number of halogens is 1. The van der Waals surface area contributed by atoms with Crippen LogP contribution in [-0.2, 0) is 4.74 Å². The van der Waals surface area contributed by atoms with Crippen molar-refractivity contribution >= 4 is 16.6 Å². The Hall–Kier alpha value is -2.06. The number of ether oxygens (including phenoxy) is 1. The molecule has 0 radical (unpaired) electrons. The molecule has 7 heteroatoms. The molecule has 2 unspecified atom stereocenters. The average molecular weight is 480 g/mol. The van der Waals surface area contributed by atoms with E-state index in [-0.39, 0.29) is 17.4 Å². The molecule has 2 aliphatic heterocycles. The lowest BCUT2D eigenvalue weighted by molar-refractivity contribution is -0.239. The number of aromatic nitrogens is 2. The fraction of sp³-hybridized carbons (Fsp3) is 0.607. The van der Waals surface area contributed by atoms with E-state index in [2.05, 4.69) is 35.1 Å². The Morgan fingerprint density at radius 3 is 2.80 bits per heavy atom. The molecule has 3 N–H and O–H groups in total. The summed E-state index contributed by atoms with van der Waals surface area (Å²) in [6.07, 6.45) is 7.38. The molecule has 35 heavy (non-hydrogen) atoms. The van der Waals surface area contributed by atoms with Gasteiger partial charge in [0.2, 0.25) is 0 Å². The highest BCUT2D eigenvalue weighted by Crippen LogP contribution is 2.71. The summed E-state index contributed by atoms with van der Waals surface area (Å²) in [5, 5.41) is 21.9. The minimum absolute atomic E-state index is 0.0141. The maximum Gasteiger partial charge on any atom is 0.158 e. The number of fused-ring (bicyclic) bond motifs is 2. The van der Waals surface area contributed by atoms with E-state index in [1.165, 1.54) is 5.57 Å². The fourth-order valence-electron chi connectivity index (χ4n) is 8.53. The molecule has 3 aliphatic carbocycles. The lowest BCUT2D eigenvalue weighted by Gasteiger charge is -2.60. The van der Waals surface area contributed by atoms with Crippen molar-refractivity contribution in [3.63, 3.8) is 0 Å². The summed E-state index contributed by atoms with van der Waals surface area (Å²) < 4.78 is 24.1. The van der Waals surface area contributed by atoms with E-state index in [1.807, 2.05) is 25.1 Å². The number of hydrogen-bond donors (Lipinski definition) is 3.